The van der Waals surface area contributed by atoms with E-state index in [9.17, 15) is 4.79 Å². The largest absolute Gasteiger partial charge is 0.478 e. The summed E-state index contributed by atoms with van der Waals surface area (Å²) < 4.78 is 0. The first-order valence-corrected chi connectivity index (χ1v) is 5.46. The molecule has 1 aromatic carbocycles. The zero-order chi connectivity index (χ0) is 13.0. The van der Waals surface area contributed by atoms with Crippen molar-refractivity contribution in [2.24, 2.45) is 0 Å². The van der Waals surface area contributed by atoms with E-state index >= 15 is 0 Å². The number of benzene rings is 1. The van der Waals surface area contributed by atoms with Gasteiger partial charge in [0, 0.05) is 17.8 Å². The van der Waals surface area contributed by atoms with Crippen molar-refractivity contribution in [2.75, 3.05) is 0 Å². The lowest BCUT2D eigenvalue weighted by atomic mass is 10.1. The molecule has 0 bridgehead atoms. The van der Waals surface area contributed by atoms with Crippen LogP contribution in [0.3, 0.4) is 0 Å². The molecule has 0 aliphatic carbocycles. The molecule has 4 nitrogen and oxygen atoms in total. The van der Waals surface area contributed by atoms with E-state index in [1.807, 2.05) is 31.2 Å². The van der Waals surface area contributed by atoms with Crippen molar-refractivity contribution in [1.82, 2.24) is 9.97 Å². The van der Waals surface area contributed by atoms with E-state index < -0.39 is 5.97 Å². The molecule has 0 saturated heterocycles. The number of hydrogen-bond donors (Lipinski definition) is 1. The lowest BCUT2D eigenvalue weighted by molar-refractivity contribution is -0.131. The number of aliphatic carboxylic acids is 1. The van der Waals surface area contributed by atoms with Gasteiger partial charge in [0.2, 0.25) is 0 Å². The van der Waals surface area contributed by atoms with E-state index in [0.717, 1.165) is 22.9 Å². The first-order valence-electron chi connectivity index (χ1n) is 5.46. The van der Waals surface area contributed by atoms with Crippen molar-refractivity contribution in [1.29, 1.82) is 0 Å². The van der Waals surface area contributed by atoms with Crippen LogP contribution < -0.4 is 0 Å². The van der Waals surface area contributed by atoms with E-state index in [4.69, 9.17) is 5.11 Å². The highest BCUT2D eigenvalue weighted by Gasteiger charge is 2.01. The molecule has 1 heterocycles. The lowest BCUT2D eigenvalue weighted by Gasteiger charge is -2.02. The molecule has 90 valence electrons. The summed E-state index contributed by atoms with van der Waals surface area (Å²) >= 11 is 0. The molecule has 0 spiro atoms. The van der Waals surface area contributed by atoms with Crippen molar-refractivity contribution >= 4 is 12.0 Å². The Bertz CT molecular complexity index is 606. The fourth-order valence-electron chi connectivity index (χ4n) is 1.57. The summed E-state index contributed by atoms with van der Waals surface area (Å²) in [7, 11) is 0. The van der Waals surface area contributed by atoms with E-state index in [2.05, 4.69) is 9.97 Å². The zero-order valence-corrected chi connectivity index (χ0v) is 9.87. The first-order chi connectivity index (χ1) is 8.65. The van der Waals surface area contributed by atoms with E-state index in [1.54, 1.807) is 12.3 Å². The van der Waals surface area contributed by atoms with E-state index in [0.29, 0.717) is 5.82 Å². The maximum absolute atomic E-state index is 10.4. The van der Waals surface area contributed by atoms with Gasteiger partial charge in [-0.1, -0.05) is 23.8 Å². The third-order valence-electron chi connectivity index (χ3n) is 2.36. The molecule has 2 rings (SSSR count). The molecule has 1 aromatic heterocycles. The number of rotatable bonds is 3. The summed E-state index contributed by atoms with van der Waals surface area (Å²) in [4.78, 5) is 18.7. The van der Waals surface area contributed by atoms with Gasteiger partial charge in [0.15, 0.2) is 5.82 Å². The van der Waals surface area contributed by atoms with Crippen LogP contribution in [-0.4, -0.2) is 21.0 Å². The number of nitrogens with zero attached hydrogens (tertiary/aromatic N) is 2. The van der Waals surface area contributed by atoms with Crippen molar-refractivity contribution in [3.8, 4) is 11.3 Å². The number of carboxylic acid groups (broad SMARTS) is 1. The van der Waals surface area contributed by atoms with Crippen molar-refractivity contribution in [2.45, 2.75) is 6.92 Å². The Labute approximate surface area is 105 Å². The highest BCUT2D eigenvalue weighted by atomic mass is 16.4. The van der Waals surface area contributed by atoms with Gasteiger partial charge >= 0.3 is 5.97 Å². The Balaban J connectivity index is 2.35. The third-order valence-corrected chi connectivity index (χ3v) is 2.36. The van der Waals surface area contributed by atoms with Crippen molar-refractivity contribution < 1.29 is 9.90 Å². The predicted octanol–water partition coefficient (Wildman–Crippen LogP) is 2.55. The van der Waals surface area contributed by atoms with Crippen molar-refractivity contribution in [3.05, 3.63) is 54.0 Å². The third kappa shape index (κ3) is 3.01. The average molecular weight is 240 g/mol. The van der Waals surface area contributed by atoms with Gasteiger partial charge in [-0.25, -0.2) is 14.8 Å². The SMILES string of the molecule is Cc1cccc(-c2ccnc(/C=C/C(=O)O)n2)c1. The second kappa shape index (κ2) is 5.23. The minimum absolute atomic E-state index is 0.386. The van der Waals surface area contributed by atoms with Crippen molar-refractivity contribution in [3.63, 3.8) is 0 Å². The topological polar surface area (TPSA) is 63.1 Å². The van der Waals surface area contributed by atoms with Gasteiger partial charge in [-0.15, -0.1) is 0 Å². The molecular weight excluding hydrogens is 228 g/mol. The normalized spacial score (nSPS) is 10.7. The Morgan fingerprint density at radius 3 is 2.89 bits per heavy atom. The van der Waals surface area contributed by atoms with Gasteiger partial charge in [0.05, 0.1) is 5.69 Å². The van der Waals surface area contributed by atoms with Crippen LogP contribution in [0.25, 0.3) is 17.3 Å². The van der Waals surface area contributed by atoms with Gasteiger partial charge in [-0.2, -0.15) is 0 Å². The molecule has 0 radical (unpaired) electrons. The van der Waals surface area contributed by atoms with Gasteiger partial charge in [0.25, 0.3) is 0 Å². The second-order valence-electron chi connectivity index (χ2n) is 3.84. The number of carboxylic acids is 1. The summed E-state index contributed by atoms with van der Waals surface area (Å²) in [5, 5.41) is 8.56. The molecule has 0 amide bonds. The number of aromatic nitrogens is 2. The van der Waals surface area contributed by atoms with Crippen LogP contribution in [0.15, 0.2) is 42.6 Å². The molecule has 4 heteroatoms. The second-order valence-corrected chi connectivity index (χ2v) is 3.84. The summed E-state index contributed by atoms with van der Waals surface area (Å²) in [5.41, 5.74) is 2.91. The summed E-state index contributed by atoms with van der Waals surface area (Å²) in [6.07, 6.45) is 4.02. The van der Waals surface area contributed by atoms with Gasteiger partial charge < -0.3 is 5.11 Å². The molecule has 0 saturated carbocycles. The van der Waals surface area contributed by atoms with Gasteiger partial charge in [-0.3, -0.25) is 0 Å². The van der Waals surface area contributed by atoms with Crippen LogP contribution in [0.1, 0.15) is 11.4 Å². The Hall–Kier alpha value is -2.49. The van der Waals surface area contributed by atoms with Crippen LogP contribution in [-0.2, 0) is 4.79 Å². The monoisotopic (exact) mass is 240 g/mol. The Morgan fingerprint density at radius 1 is 1.33 bits per heavy atom. The van der Waals surface area contributed by atoms with E-state index in [1.165, 1.54) is 6.08 Å². The molecular formula is C14H12N2O2. The molecule has 1 N–H and O–H groups in total. The average Bonchev–Trinajstić information content (AvgIpc) is 2.37. The summed E-state index contributed by atoms with van der Waals surface area (Å²) in [5.74, 6) is -0.629. The quantitative estimate of drug-likeness (QED) is 0.837. The van der Waals surface area contributed by atoms with Crippen LogP contribution in [0.5, 0.6) is 0 Å². The first kappa shape index (κ1) is 12.0. The smallest absolute Gasteiger partial charge is 0.328 e. The maximum atomic E-state index is 10.4. The minimum Gasteiger partial charge on any atom is -0.478 e. The number of hydrogen-bond acceptors (Lipinski definition) is 3. The van der Waals surface area contributed by atoms with Gasteiger partial charge in [0.1, 0.15) is 0 Å². The lowest BCUT2D eigenvalue weighted by Crippen LogP contribution is -1.92. The summed E-state index contributed by atoms with van der Waals surface area (Å²) in [6.45, 7) is 2.01. The Kier molecular flexibility index (Phi) is 3.48. The van der Waals surface area contributed by atoms with Crippen LogP contribution in [0, 0.1) is 6.92 Å². The molecule has 0 aliphatic heterocycles. The molecule has 18 heavy (non-hydrogen) atoms. The fraction of sp³-hybridized carbons (Fsp3) is 0.0714. The van der Waals surface area contributed by atoms with Crippen LogP contribution >= 0.6 is 0 Å². The van der Waals surface area contributed by atoms with Crippen LogP contribution in [0.4, 0.5) is 0 Å². The molecule has 0 atom stereocenters. The maximum Gasteiger partial charge on any atom is 0.328 e. The minimum atomic E-state index is -1.01. The van der Waals surface area contributed by atoms with Gasteiger partial charge in [-0.05, 0) is 25.1 Å². The zero-order valence-electron chi connectivity index (χ0n) is 9.87. The van der Waals surface area contributed by atoms with E-state index in [-0.39, 0.29) is 0 Å². The summed E-state index contributed by atoms with van der Waals surface area (Å²) in [6, 6.07) is 9.75. The fourth-order valence-corrected chi connectivity index (χ4v) is 1.57. The number of aryl methyl sites for hydroxylation is 1. The predicted molar refractivity (Wildman–Crippen MR) is 68.9 cm³/mol. The molecule has 2 aromatic rings. The standard InChI is InChI=1S/C14H12N2O2/c1-10-3-2-4-11(9-10)12-7-8-15-13(16-12)5-6-14(17)18/h2-9H,1H3,(H,17,18)/b6-5+. The molecule has 0 aliphatic rings. The number of carbonyl (C=O) groups is 1. The molecule has 0 unspecified atom stereocenters. The Morgan fingerprint density at radius 2 is 2.17 bits per heavy atom. The molecule has 0 fully saturated rings. The highest BCUT2D eigenvalue weighted by Crippen LogP contribution is 2.17. The highest BCUT2D eigenvalue weighted by molar-refractivity contribution is 5.84. The van der Waals surface area contributed by atoms with Crippen LogP contribution in [0.2, 0.25) is 0 Å².